The number of urea groups is 1. The maximum atomic E-state index is 11.9. The maximum absolute atomic E-state index is 11.9. The minimum Gasteiger partial charge on any atom is -0.478 e. The summed E-state index contributed by atoms with van der Waals surface area (Å²) in [6.45, 7) is 5.94. The van der Waals surface area contributed by atoms with Crippen molar-refractivity contribution in [2.75, 3.05) is 5.32 Å². The van der Waals surface area contributed by atoms with Gasteiger partial charge in [0.2, 0.25) is 0 Å². The molecule has 0 bridgehead atoms. The van der Waals surface area contributed by atoms with E-state index in [1.165, 1.54) is 12.1 Å². The number of carboxylic acid groups (broad SMARTS) is 1. The van der Waals surface area contributed by atoms with Crippen molar-refractivity contribution in [2.24, 2.45) is 0 Å². The Labute approximate surface area is 125 Å². The first-order chi connectivity index (χ1) is 9.93. The van der Waals surface area contributed by atoms with Crippen LogP contribution in [0.5, 0.6) is 0 Å². The van der Waals surface area contributed by atoms with E-state index >= 15 is 0 Å². The van der Waals surface area contributed by atoms with Crippen LogP contribution in [0.2, 0.25) is 0 Å². The van der Waals surface area contributed by atoms with Crippen molar-refractivity contribution in [2.45, 2.75) is 52.5 Å². The topological polar surface area (TPSA) is 78.4 Å². The molecule has 0 spiro atoms. The molecule has 0 aliphatic heterocycles. The molecule has 0 saturated heterocycles. The van der Waals surface area contributed by atoms with Gasteiger partial charge in [-0.05, 0) is 38.0 Å². The van der Waals surface area contributed by atoms with Gasteiger partial charge in [-0.2, -0.15) is 0 Å². The predicted molar refractivity (Wildman–Crippen MR) is 83.9 cm³/mol. The lowest BCUT2D eigenvalue weighted by Crippen LogP contribution is -2.36. The fourth-order valence-electron chi connectivity index (χ4n) is 2.04. The summed E-state index contributed by atoms with van der Waals surface area (Å²) in [7, 11) is 0. The first-order valence-electron chi connectivity index (χ1n) is 7.35. The second kappa shape index (κ2) is 8.29. The van der Waals surface area contributed by atoms with Gasteiger partial charge in [-0.3, -0.25) is 0 Å². The number of benzene rings is 1. The van der Waals surface area contributed by atoms with E-state index in [1.807, 2.05) is 13.8 Å². The van der Waals surface area contributed by atoms with Gasteiger partial charge in [-0.25, -0.2) is 9.59 Å². The van der Waals surface area contributed by atoms with Gasteiger partial charge in [-0.15, -0.1) is 0 Å². The molecule has 0 aromatic heterocycles. The summed E-state index contributed by atoms with van der Waals surface area (Å²) in [5, 5.41) is 14.6. The number of amides is 2. The molecule has 2 amide bonds. The van der Waals surface area contributed by atoms with Crippen LogP contribution >= 0.6 is 0 Å². The van der Waals surface area contributed by atoms with Crippen molar-refractivity contribution in [3.05, 3.63) is 29.3 Å². The van der Waals surface area contributed by atoms with E-state index in [0.29, 0.717) is 5.69 Å². The van der Waals surface area contributed by atoms with Crippen LogP contribution in [-0.2, 0) is 0 Å². The SMILES string of the molecule is CCCCCC(C)NC(=O)Nc1cc(C(=O)O)ccc1C. The Morgan fingerprint density at radius 3 is 2.62 bits per heavy atom. The van der Waals surface area contributed by atoms with Crippen LogP contribution < -0.4 is 10.6 Å². The summed E-state index contributed by atoms with van der Waals surface area (Å²) in [5.41, 5.74) is 1.51. The zero-order valence-electron chi connectivity index (χ0n) is 12.9. The number of aryl methyl sites for hydroxylation is 1. The summed E-state index contributed by atoms with van der Waals surface area (Å²) in [5.74, 6) is -1.01. The van der Waals surface area contributed by atoms with Crippen LogP contribution in [0.15, 0.2) is 18.2 Å². The average Bonchev–Trinajstić information content (AvgIpc) is 2.41. The highest BCUT2D eigenvalue weighted by atomic mass is 16.4. The van der Waals surface area contributed by atoms with Crippen molar-refractivity contribution in [1.82, 2.24) is 5.32 Å². The van der Waals surface area contributed by atoms with Crippen LogP contribution in [0.3, 0.4) is 0 Å². The number of carbonyl (C=O) groups excluding carboxylic acids is 1. The van der Waals surface area contributed by atoms with E-state index in [2.05, 4.69) is 17.6 Å². The standard InChI is InChI=1S/C16H24N2O3/c1-4-5-6-7-12(3)17-16(21)18-14-10-13(15(19)20)9-8-11(14)2/h8-10,12H,4-7H2,1-3H3,(H,19,20)(H2,17,18,21). The van der Waals surface area contributed by atoms with E-state index in [4.69, 9.17) is 5.11 Å². The van der Waals surface area contributed by atoms with Crippen molar-refractivity contribution in [1.29, 1.82) is 0 Å². The molecule has 21 heavy (non-hydrogen) atoms. The van der Waals surface area contributed by atoms with Crippen molar-refractivity contribution in [3.8, 4) is 0 Å². The third-order valence-corrected chi connectivity index (χ3v) is 3.35. The normalized spacial score (nSPS) is 11.8. The molecule has 3 N–H and O–H groups in total. The van der Waals surface area contributed by atoms with Gasteiger partial charge in [0.05, 0.1) is 5.56 Å². The van der Waals surface area contributed by atoms with E-state index in [0.717, 1.165) is 31.2 Å². The van der Waals surface area contributed by atoms with Gasteiger partial charge in [0.1, 0.15) is 0 Å². The fraction of sp³-hybridized carbons (Fsp3) is 0.500. The van der Waals surface area contributed by atoms with Gasteiger partial charge in [0.25, 0.3) is 0 Å². The van der Waals surface area contributed by atoms with Crippen LogP contribution in [0.1, 0.15) is 55.5 Å². The Balaban J connectivity index is 2.58. The fourth-order valence-corrected chi connectivity index (χ4v) is 2.04. The summed E-state index contributed by atoms with van der Waals surface area (Å²) in [6.07, 6.45) is 4.34. The minimum absolute atomic E-state index is 0.0968. The average molecular weight is 292 g/mol. The molecule has 0 aliphatic carbocycles. The Morgan fingerprint density at radius 2 is 2.00 bits per heavy atom. The molecule has 116 valence electrons. The third kappa shape index (κ3) is 5.85. The minimum atomic E-state index is -1.01. The molecular formula is C16H24N2O3. The highest BCUT2D eigenvalue weighted by molar-refractivity contribution is 5.94. The molecule has 1 rings (SSSR count). The number of carbonyl (C=O) groups is 2. The van der Waals surface area contributed by atoms with Gasteiger partial charge in [0, 0.05) is 11.7 Å². The third-order valence-electron chi connectivity index (χ3n) is 3.35. The van der Waals surface area contributed by atoms with Gasteiger partial charge in [-0.1, -0.05) is 32.3 Å². The largest absolute Gasteiger partial charge is 0.478 e. The van der Waals surface area contributed by atoms with Crippen LogP contribution in [-0.4, -0.2) is 23.1 Å². The lowest BCUT2D eigenvalue weighted by atomic mass is 10.1. The van der Waals surface area contributed by atoms with E-state index in [9.17, 15) is 9.59 Å². The van der Waals surface area contributed by atoms with Crippen molar-refractivity contribution >= 4 is 17.7 Å². The number of nitrogens with one attached hydrogen (secondary N) is 2. The first kappa shape index (κ1) is 17.0. The molecule has 5 heteroatoms. The lowest BCUT2D eigenvalue weighted by molar-refractivity contribution is 0.0697. The number of aromatic carboxylic acids is 1. The molecule has 1 atom stereocenters. The smallest absolute Gasteiger partial charge is 0.335 e. The molecule has 0 heterocycles. The predicted octanol–water partition coefficient (Wildman–Crippen LogP) is 3.78. The lowest BCUT2D eigenvalue weighted by Gasteiger charge is -2.15. The van der Waals surface area contributed by atoms with E-state index in [-0.39, 0.29) is 17.6 Å². The van der Waals surface area contributed by atoms with Gasteiger partial charge in [0.15, 0.2) is 0 Å². The number of carboxylic acids is 1. The first-order valence-corrected chi connectivity index (χ1v) is 7.35. The summed E-state index contributed by atoms with van der Waals surface area (Å²) in [4.78, 5) is 22.9. The van der Waals surface area contributed by atoms with Crippen molar-refractivity contribution < 1.29 is 14.7 Å². The second-order valence-corrected chi connectivity index (χ2v) is 5.33. The number of rotatable bonds is 7. The molecule has 0 radical (unpaired) electrons. The number of hydrogen-bond donors (Lipinski definition) is 3. The molecule has 5 nitrogen and oxygen atoms in total. The quantitative estimate of drug-likeness (QED) is 0.669. The van der Waals surface area contributed by atoms with Crippen LogP contribution in [0, 0.1) is 6.92 Å². The maximum Gasteiger partial charge on any atom is 0.335 e. The molecular weight excluding hydrogens is 268 g/mol. The van der Waals surface area contributed by atoms with E-state index < -0.39 is 5.97 Å². The molecule has 0 aliphatic rings. The molecule has 1 unspecified atom stereocenters. The molecule has 1 aromatic carbocycles. The van der Waals surface area contributed by atoms with Crippen LogP contribution in [0.4, 0.5) is 10.5 Å². The highest BCUT2D eigenvalue weighted by Crippen LogP contribution is 2.17. The highest BCUT2D eigenvalue weighted by Gasteiger charge is 2.10. The summed E-state index contributed by atoms with van der Waals surface area (Å²) < 4.78 is 0. The number of unbranched alkanes of at least 4 members (excludes halogenated alkanes) is 2. The number of anilines is 1. The summed E-state index contributed by atoms with van der Waals surface area (Å²) in [6, 6.07) is 4.47. The van der Waals surface area contributed by atoms with Gasteiger partial charge < -0.3 is 15.7 Å². The zero-order valence-corrected chi connectivity index (χ0v) is 12.9. The molecule has 1 aromatic rings. The molecule has 0 fully saturated rings. The van der Waals surface area contributed by atoms with Crippen LogP contribution in [0.25, 0.3) is 0 Å². The summed E-state index contributed by atoms with van der Waals surface area (Å²) >= 11 is 0. The Morgan fingerprint density at radius 1 is 1.29 bits per heavy atom. The monoisotopic (exact) mass is 292 g/mol. The molecule has 0 saturated carbocycles. The Hall–Kier alpha value is -2.04. The Bertz CT molecular complexity index is 500. The van der Waals surface area contributed by atoms with Gasteiger partial charge >= 0.3 is 12.0 Å². The van der Waals surface area contributed by atoms with Crippen molar-refractivity contribution in [3.63, 3.8) is 0 Å². The zero-order chi connectivity index (χ0) is 15.8. The number of hydrogen-bond acceptors (Lipinski definition) is 2. The van der Waals surface area contributed by atoms with E-state index in [1.54, 1.807) is 6.07 Å². The Kier molecular flexibility index (Phi) is 6.72. The second-order valence-electron chi connectivity index (χ2n) is 5.33.